The maximum Gasteiger partial charge on any atom is 0.303 e. The predicted octanol–water partition coefficient (Wildman–Crippen LogP) is 3.36. The number of carboxylic acid groups (broad SMARTS) is 1. The minimum atomic E-state index is -0.848. The summed E-state index contributed by atoms with van der Waals surface area (Å²) in [6.45, 7) is 3.86. The molecule has 0 aliphatic rings. The number of aliphatic carboxylic acids is 1. The van der Waals surface area contributed by atoms with Crippen LogP contribution >= 0.6 is 0 Å². The normalized spacial score (nSPS) is 13.3. The second-order valence-corrected chi connectivity index (χ2v) is 4.23. The molecule has 0 saturated heterocycles. The molecule has 3 heteroatoms. The van der Waals surface area contributed by atoms with Gasteiger partial charge in [0, 0.05) is 12.8 Å². The Morgan fingerprint density at radius 1 is 1.12 bits per heavy atom. The zero-order valence-corrected chi connectivity index (χ0v) is 10.7. The summed E-state index contributed by atoms with van der Waals surface area (Å²) in [5.41, 5.74) is 0. The van der Waals surface area contributed by atoms with Crippen molar-refractivity contribution >= 4 is 11.8 Å². The van der Waals surface area contributed by atoms with Crippen LogP contribution in [0.1, 0.15) is 46.0 Å². The number of unbranched alkanes of at least 4 members (excludes halogenated alkanes) is 1. The zero-order valence-electron chi connectivity index (χ0n) is 10.7. The summed E-state index contributed by atoms with van der Waals surface area (Å²) in [4.78, 5) is 21.8. The Bertz CT molecular complexity index is 290. The Balaban J connectivity index is 3.74. The Labute approximate surface area is 103 Å². The van der Waals surface area contributed by atoms with Crippen LogP contribution in [0.25, 0.3) is 0 Å². The van der Waals surface area contributed by atoms with Crippen LogP contribution < -0.4 is 0 Å². The molecule has 96 valence electrons. The summed E-state index contributed by atoms with van der Waals surface area (Å²) in [6.07, 6.45) is 10.8. The third-order valence-corrected chi connectivity index (χ3v) is 2.28. The van der Waals surface area contributed by atoms with Gasteiger partial charge in [0.05, 0.1) is 0 Å². The van der Waals surface area contributed by atoms with Gasteiger partial charge in [0.25, 0.3) is 0 Å². The molecule has 0 bridgehead atoms. The molecular weight excluding hydrogens is 216 g/mol. The Kier molecular flexibility index (Phi) is 9.02. The lowest BCUT2D eigenvalue weighted by molar-refractivity contribution is -0.138. The highest BCUT2D eigenvalue weighted by atomic mass is 16.4. The van der Waals surface area contributed by atoms with Crippen LogP contribution in [0, 0.1) is 5.92 Å². The van der Waals surface area contributed by atoms with E-state index in [0.29, 0.717) is 6.42 Å². The van der Waals surface area contributed by atoms with Gasteiger partial charge in [-0.3, -0.25) is 9.59 Å². The summed E-state index contributed by atoms with van der Waals surface area (Å²) >= 11 is 0. The van der Waals surface area contributed by atoms with Crippen molar-refractivity contribution in [2.24, 2.45) is 5.92 Å². The quantitative estimate of drug-likeness (QED) is 0.380. The first-order valence-electron chi connectivity index (χ1n) is 6.12. The summed E-state index contributed by atoms with van der Waals surface area (Å²) < 4.78 is 0. The highest BCUT2D eigenvalue weighted by Crippen LogP contribution is 2.08. The van der Waals surface area contributed by atoms with Gasteiger partial charge in [-0.05, 0) is 31.3 Å². The summed E-state index contributed by atoms with van der Waals surface area (Å²) in [5, 5.41) is 8.56. The number of carboxylic acids is 1. The van der Waals surface area contributed by atoms with Gasteiger partial charge in [-0.1, -0.05) is 32.1 Å². The maximum absolute atomic E-state index is 11.4. The number of hydrogen-bond donors (Lipinski definition) is 1. The lowest BCUT2D eigenvalue weighted by Crippen LogP contribution is -2.08. The van der Waals surface area contributed by atoms with Crippen LogP contribution in [0.4, 0.5) is 0 Å². The molecule has 0 saturated carbocycles. The molecule has 0 aromatic rings. The van der Waals surface area contributed by atoms with E-state index in [9.17, 15) is 9.59 Å². The molecule has 3 nitrogen and oxygen atoms in total. The summed E-state index contributed by atoms with van der Waals surface area (Å²) in [7, 11) is 0. The fourth-order valence-corrected chi connectivity index (χ4v) is 1.47. The Morgan fingerprint density at radius 2 is 1.76 bits per heavy atom. The third kappa shape index (κ3) is 10.9. The molecule has 0 amide bonds. The molecule has 17 heavy (non-hydrogen) atoms. The molecule has 0 aromatic heterocycles. The molecule has 0 fully saturated rings. The average molecular weight is 238 g/mol. The van der Waals surface area contributed by atoms with Gasteiger partial charge in [-0.2, -0.15) is 0 Å². The van der Waals surface area contributed by atoms with E-state index in [-0.39, 0.29) is 18.1 Å². The number of carbonyl (C=O) groups excluding carboxylic acids is 1. The van der Waals surface area contributed by atoms with Crippen molar-refractivity contribution in [3.8, 4) is 0 Å². The molecule has 1 unspecified atom stereocenters. The van der Waals surface area contributed by atoms with E-state index in [1.807, 2.05) is 6.08 Å². The number of ketones is 1. The molecule has 0 aliphatic carbocycles. The standard InChI is InChI=1S/C14H22O3/c1-3-4-5-6-7-8-9-13(15)10-12(2)11-14(16)17/h4-5,8-9,12H,3,6-7,10-11H2,1-2H3,(H,16,17). The highest BCUT2D eigenvalue weighted by Gasteiger charge is 2.10. The monoisotopic (exact) mass is 238 g/mol. The van der Waals surface area contributed by atoms with E-state index in [4.69, 9.17) is 5.11 Å². The smallest absolute Gasteiger partial charge is 0.303 e. The maximum atomic E-state index is 11.4. The summed E-state index contributed by atoms with van der Waals surface area (Å²) in [5.74, 6) is -0.929. The predicted molar refractivity (Wildman–Crippen MR) is 68.8 cm³/mol. The van der Waals surface area contributed by atoms with Gasteiger partial charge in [0.15, 0.2) is 5.78 Å². The van der Waals surface area contributed by atoms with E-state index < -0.39 is 5.97 Å². The van der Waals surface area contributed by atoms with Crippen LogP contribution in [-0.2, 0) is 9.59 Å². The molecule has 0 radical (unpaired) electrons. The van der Waals surface area contributed by atoms with Crippen LogP contribution in [0.2, 0.25) is 0 Å². The lowest BCUT2D eigenvalue weighted by Gasteiger charge is -2.04. The van der Waals surface area contributed by atoms with Gasteiger partial charge in [-0.15, -0.1) is 0 Å². The number of allylic oxidation sites excluding steroid dienone is 4. The van der Waals surface area contributed by atoms with E-state index in [2.05, 4.69) is 19.1 Å². The van der Waals surface area contributed by atoms with Crippen LogP contribution in [0.15, 0.2) is 24.3 Å². The van der Waals surface area contributed by atoms with E-state index in [1.165, 1.54) is 0 Å². The Morgan fingerprint density at radius 3 is 2.35 bits per heavy atom. The van der Waals surface area contributed by atoms with Gasteiger partial charge >= 0.3 is 5.97 Å². The molecule has 0 spiro atoms. The molecule has 1 N–H and O–H groups in total. The number of carbonyl (C=O) groups is 2. The van der Waals surface area contributed by atoms with Crippen LogP contribution in [0.3, 0.4) is 0 Å². The highest BCUT2D eigenvalue weighted by molar-refractivity contribution is 5.90. The Hall–Kier alpha value is -1.38. The van der Waals surface area contributed by atoms with Crippen molar-refractivity contribution in [1.82, 2.24) is 0 Å². The fourth-order valence-electron chi connectivity index (χ4n) is 1.47. The van der Waals surface area contributed by atoms with Crippen molar-refractivity contribution < 1.29 is 14.7 Å². The van der Waals surface area contributed by atoms with E-state index in [0.717, 1.165) is 19.3 Å². The fraction of sp³-hybridized carbons (Fsp3) is 0.571. The number of rotatable bonds is 9. The van der Waals surface area contributed by atoms with Gasteiger partial charge in [-0.25, -0.2) is 0 Å². The van der Waals surface area contributed by atoms with Crippen molar-refractivity contribution in [2.45, 2.75) is 46.0 Å². The minimum Gasteiger partial charge on any atom is -0.481 e. The van der Waals surface area contributed by atoms with Gasteiger partial charge in [0.2, 0.25) is 0 Å². The van der Waals surface area contributed by atoms with Crippen molar-refractivity contribution in [3.63, 3.8) is 0 Å². The first-order valence-corrected chi connectivity index (χ1v) is 6.12. The SMILES string of the molecule is CCC=CCCC=CC(=O)CC(C)CC(=O)O. The first-order chi connectivity index (χ1) is 8.06. The van der Waals surface area contributed by atoms with Crippen molar-refractivity contribution in [2.75, 3.05) is 0 Å². The largest absolute Gasteiger partial charge is 0.481 e. The van der Waals surface area contributed by atoms with Gasteiger partial charge in [0.1, 0.15) is 0 Å². The van der Waals surface area contributed by atoms with E-state index >= 15 is 0 Å². The molecular formula is C14H22O3. The second-order valence-electron chi connectivity index (χ2n) is 4.23. The lowest BCUT2D eigenvalue weighted by atomic mass is 10.0. The second kappa shape index (κ2) is 9.82. The van der Waals surface area contributed by atoms with Crippen LogP contribution in [0.5, 0.6) is 0 Å². The molecule has 0 aromatic carbocycles. The van der Waals surface area contributed by atoms with E-state index in [1.54, 1.807) is 13.0 Å². The van der Waals surface area contributed by atoms with Crippen molar-refractivity contribution in [3.05, 3.63) is 24.3 Å². The molecule has 1 atom stereocenters. The zero-order chi connectivity index (χ0) is 13.1. The van der Waals surface area contributed by atoms with Crippen LogP contribution in [-0.4, -0.2) is 16.9 Å². The third-order valence-electron chi connectivity index (χ3n) is 2.28. The topological polar surface area (TPSA) is 54.4 Å². The first kappa shape index (κ1) is 15.6. The van der Waals surface area contributed by atoms with Crippen molar-refractivity contribution in [1.29, 1.82) is 0 Å². The molecule has 0 rings (SSSR count). The average Bonchev–Trinajstić information content (AvgIpc) is 2.21. The summed E-state index contributed by atoms with van der Waals surface area (Å²) in [6, 6.07) is 0. The molecule has 0 heterocycles. The minimum absolute atomic E-state index is 0.0122. The molecule has 0 aliphatic heterocycles. The number of hydrogen-bond acceptors (Lipinski definition) is 2. The van der Waals surface area contributed by atoms with Gasteiger partial charge < -0.3 is 5.11 Å².